The van der Waals surface area contributed by atoms with Crippen LogP contribution in [0.1, 0.15) is 16.6 Å². The maximum absolute atomic E-state index is 12.1. The minimum Gasteiger partial charge on any atom is -0.369 e. The fourth-order valence-electron chi connectivity index (χ4n) is 1.36. The molecule has 0 saturated carbocycles. The highest BCUT2D eigenvalue weighted by Crippen LogP contribution is 2.27. The van der Waals surface area contributed by atoms with Crippen LogP contribution in [0.4, 0.5) is 0 Å². The van der Waals surface area contributed by atoms with Crippen molar-refractivity contribution >= 4 is 39.8 Å². The highest BCUT2D eigenvalue weighted by molar-refractivity contribution is 7.86. The summed E-state index contributed by atoms with van der Waals surface area (Å²) in [7, 11) is -1.43. The Hall–Kier alpha value is -1.12. The molecular weight excluding hydrogens is 278 g/mol. The van der Waals surface area contributed by atoms with E-state index in [1.165, 1.54) is 23.1 Å². The first-order valence-corrected chi connectivity index (χ1v) is 7.70. The van der Waals surface area contributed by atoms with E-state index < -0.39 is 22.0 Å². The second-order valence-electron chi connectivity index (χ2n) is 3.22. The molecule has 17 heavy (non-hydrogen) atoms. The molecule has 2 N–H and O–H groups in total. The fourth-order valence-corrected chi connectivity index (χ4v) is 3.84. The molecule has 5 nitrogen and oxygen atoms in total. The molecule has 8 heteroatoms. The van der Waals surface area contributed by atoms with Gasteiger partial charge in [0.05, 0.1) is 11.4 Å². The third kappa shape index (κ3) is 2.96. The van der Waals surface area contributed by atoms with Crippen LogP contribution in [-0.2, 0) is 15.6 Å². The van der Waals surface area contributed by atoms with E-state index in [0.717, 1.165) is 0 Å². The lowest BCUT2D eigenvalue weighted by molar-refractivity contribution is -0.115. The van der Waals surface area contributed by atoms with Crippen molar-refractivity contribution in [2.24, 2.45) is 5.73 Å². The lowest BCUT2D eigenvalue weighted by Crippen LogP contribution is -2.23. The molecule has 0 aliphatic heterocycles. The van der Waals surface area contributed by atoms with Crippen LogP contribution in [-0.4, -0.2) is 24.6 Å². The zero-order valence-corrected chi connectivity index (χ0v) is 11.1. The van der Waals surface area contributed by atoms with Crippen molar-refractivity contribution in [2.45, 2.75) is 5.25 Å². The van der Waals surface area contributed by atoms with E-state index in [1.807, 2.05) is 0 Å². The molecule has 0 fully saturated rings. The first-order chi connectivity index (χ1) is 8.18. The van der Waals surface area contributed by atoms with E-state index in [2.05, 4.69) is 8.75 Å². The van der Waals surface area contributed by atoms with E-state index >= 15 is 0 Å². The number of nitrogens with two attached hydrogens (primary N) is 1. The van der Waals surface area contributed by atoms with Gasteiger partial charge >= 0.3 is 0 Å². The maximum atomic E-state index is 12.1. The number of nitrogens with zero attached hydrogens (tertiary/aromatic N) is 2. The molecule has 2 rings (SSSR count). The topological polar surface area (TPSA) is 85.9 Å². The number of amides is 1. The van der Waals surface area contributed by atoms with Crippen LogP contribution in [0.25, 0.3) is 0 Å². The van der Waals surface area contributed by atoms with Crippen LogP contribution >= 0.6 is 23.1 Å². The Labute approximate surface area is 108 Å². The molecule has 0 radical (unpaired) electrons. The first kappa shape index (κ1) is 12.3. The predicted octanol–water partition coefficient (Wildman–Crippen LogP) is 0.923. The standard InChI is InChI=1S/C9H9N3O2S3/c10-8(13)5-17(14)9(6-1-3-15-11-6)7-2-4-16-12-7/h1-4,9H,5H2,(H2,10,13). The van der Waals surface area contributed by atoms with Gasteiger partial charge in [-0.1, -0.05) is 0 Å². The highest BCUT2D eigenvalue weighted by Gasteiger charge is 2.26. The van der Waals surface area contributed by atoms with Gasteiger partial charge in [0.1, 0.15) is 11.0 Å². The summed E-state index contributed by atoms with van der Waals surface area (Å²) in [5.41, 5.74) is 6.40. The van der Waals surface area contributed by atoms with Gasteiger partial charge in [-0.2, -0.15) is 8.75 Å². The van der Waals surface area contributed by atoms with Gasteiger partial charge in [0.15, 0.2) is 0 Å². The molecule has 1 amide bonds. The SMILES string of the molecule is NC(=O)CS(=O)C(c1ccsn1)c1ccsn1. The van der Waals surface area contributed by atoms with Crippen molar-refractivity contribution in [3.05, 3.63) is 34.3 Å². The Kier molecular flexibility index (Phi) is 3.97. The Morgan fingerprint density at radius 3 is 2.18 bits per heavy atom. The summed E-state index contributed by atoms with van der Waals surface area (Å²) in [5.74, 6) is -0.765. The van der Waals surface area contributed by atoms with Crippen molar-refractivity contribution in [3.63, 3.8) is 0 Å². The van der Waals surface area contributed by atoms with E-state index in [-0.39, 0.29) is 5.75 Å². The zero-order chi connectivity index (χ0) is 12.3. The normalized spacial score (nSPS) is 12.8. The summed E-state index contributed by atoms with van der Waals surface area (Å²) >= 11 is 2.55. The molecule has 0 aliphatic carbocycles. The van der Waals surface area contributed by atoms with Gasteiger partial charge in [0, 0.05) is 21.6 Å². The maximum Gasteiger partial charge on any atom is 0.230 e. The Bertz CT molecular complexity index is 475. The third-order valence-electron chi connectivity index (χ3n) is 2.00. The van der Waals surface area contributed by atoms with Crippen LogP contribution in [0.3, 0.4) is 0 Å². The first-order valence-electron chi connectivity index (χ1n) is 4.64. The average Bonchev–Trinajstić information content (AvgIpc) is 2.88. The van der Waals surface area contributed by atoms with Crippen LogP contribution < -0.4 is 5.73 Å². The summed E-state index contributed by atoms with van der Waals surface area (Å²) in [6.45, 7) is 0. The minimum atomic E-state index is -1.43. The summed E-state index contributed by atoms with van der Waals surface area (Å²) in [5, 5.41) is 3.13. The lowest BCUT2D eigenvalue weighted by atomic mass is 10.2. The van der Waals surface area contributed by atoms with Gasteiger partial charge in [-0.25, -0.2) is 0 Å². The monoisotopic (exact) mass is 287 g/mol. The summed E-state index contributed by atoms with van der Waals surface area (Å²) in [6, 6.07) is 3.57. The number of carbonyl (C=O) groups excluding carboxylic acids is 1. The summed E-state index contributed by atoms with van der Waals surface area (Å²) in [6.07, 6.45) is 0. The Morgan fingerprint density at radius 2 is 1.82 bits per heavy atom. The van der Waals surface area contributed by atoms with Crippen LogP contribution in [0, 0.1) is 0 Å². The fraction of sp³-hybridized carbons (Fsp3) is 0.222. The van der Waals surface area contributed by atoms with Gasteiger partial charge in [0.25, 0.3) is 0 Å². The molecule has 2 heterocycles. The molecule has 2 aromatic rings. The summed E-state index contributed by atoms with van der Waals surface area (Å²) < 4.78 is 20.4. The second-order valence-corrected chi connectivity index (χ2v) is 6.07. The van der Waals surface area contributed by atoms with Crippen molar-refractivity contribution in [2.75, 3.05) is 5.75 Å². The van der Waals surface area contributed by atoms with Gasteiger partial charge in [-0.05, 0) is 35.2 Å². The Balaban J connectivity index is 2.32. The van der Waals surface area contributed by atoms with E-state index in [0.29, 0.717) is 11.4 Å². The average molecular weight is 287 g/mol. The van der Waals surface area contributed by atoms with E-state index in [9.17, 15) is 9.00 Å². The number of aromatic nitrogens is 2. The van der Waals surface area contributed by atoms with Crippen molar-refractivity contribution in [1.82, 2.24) is 8.75 Å². The summed E-state index contributed by atoms with van der Waals surface area (Å²) in [4.78, 5) is 10.8. The molecule has 0 aromatic carbocycles. The number of primary amides is 1. The molecule has 2 aromatic heterocycles. The van der Waals surface area contributed by atoms with Gasteiger partial charge in [-0.15, -0.1) is 0 Å². The Morgan fingerprint density at radius 1 is 1.29 bits per heavy atom. The van der Waals surface area contributed by atoms with Crippen LogP contribution in [0.5, 0.6) is 0 Å². The van der Waals surface area contributed by atoms with Gasteiger partial charge in [-0.3, -0.25) is 9.00 Å². The molecule has 90 valence electrons. The smallest absolute Gasteiger partial charge is 0.230 e. The van der Waals surface area contributed by atoms with Gasteiger partial charge < -0.3 is 5.73 Å². The van der Waals surface area contributed by atoms with Crippen molar-refractivity contribution in [1.29, 1.82) is 0 Å². The molecule has 0 spiro atoms. The molecule has 1 atom stereocenters. The van der Waals surface area contributed by atoms with E-state index in [1.54, 1.807) is 22.9 Å². The van der Waals surface area contributed by atoms with Crippen LogP contribution in [0.15, 0.2) is 22.9 Å². The number of carbonyl (C=O) groups is 1. The van der Waals surface area contributed by atoms with E-state index in [4.69, 9.17) is 5.73 Å². The molecule has 0 bridgehead atoms. The lowest BCUT2D eigenvalue weighted by Gasteiger charge is -2.10. The number of rotatable bonds is 5. The zero-order valence-electron chi connectivity index (χ0n) is 8.61. The number of hydrogen-bond donors (Lipinski definition) is 1. The van der Waals surface area contributed by atoms with Crippen molar-refractivity contribution in [3.8, 4) is 0 Å². The molecule has 0 aliphatic rings. The largest absolute Gasteiger partial charge is 0.369 e. The van der Waals surface area contributed by atoms with Gasteiger partial charge in [0.2, 0.25) is 5.91 Å². The molecule has 0 saturated heterocycles. The third-order valence-corrected chi connectivity index (χ3v) is 4.73. The molecule has 1 unspecified atom stereocenters. The van der Waals surface area contributed by atoms with Crippen molar-refractivity contribution < 1.29 is 9.00 Å². The predicted molar refractivity (Wildman–Crippen MR) is 68.3 cm³/mol. The number of hydrogen-bond acceptors (Lipinski definition) is 6. The highest BCUT2D eigenvalue weighted by atomic mass is 32.2. The second kappa shape index (κ2) is 5.48. The molecular formula is C9H9N3O2S3. The van der Waals surface area contributed by atoms with Crippen LogP contribution in [0.2, 0.25) is 0 Å². The quantitative estimate of drug-likeness (QED) is 0.886. The minimum absolute atomic E-state index is 0.181.